The smallest absolute Gasteiger partial charge is 0.243 e. The maximum Gasteiger partial charge on any atom is 0.243 e. The Labute approximate surface area is 143 Å². The Bertz CT molecular complexity index is 641. The van der Waals surface area contributed by atoms with Crippen molar-refractivity contribution in [3.8, 4) is 0 Å². The minimum absolute atomic E-state index is 0.260. The van der Waals surface area contributed by atoms with Gasteiger partial charge in [0.2, 0.25) is 10.0 Å². The minimum atomic E-state index is -3.50. The van der Waals surface area contributed by atoms with E-state index < -0.39 is 10.0 Å². The van der Waals surface area contributed by atoms with Crippen LogP contribution in [0.2, 0.25) is 0 Å². The molecule has 0 amide bonds. The molecule has 0 unspecified atom stereocenters. The predicted octanol–water partition coefficient (Wildman–Crippen LogP) is 1.65. The molecule has 23 heavy (non-hydrogen) atoms. The van der Waals surface area contributed by atoms with Gasteiger partial charge in [-0.05, 0) is 36.3 Å². The van der Waals surface area contributed by atoms with Crippen LogP contribution in [0.4, 0.5) is 5.69 Å². The highest BCUT2D eigenvalue weighted by Gasteiger charge is 2.26. The molecule has 0 aromatic heterocycles. The van der Waals surface area contributed by atoms with Crippen LogP contribution in [0.15, 0.2) is 29.2 Å². The SMILES string of the molecule is CC(C)CNC(=S)Nc1cccc(S(=O)(=O)N2CCOCC2)c1. The molecule has 128 valence electrons. The van der Waals surface area contributed by atoms with Crippen molar-refractivity contribution >= 4 is 33.0 Å². The molecule has 1 aliphatic rings. The van der Waals surface area contributed by atoms with E-state index in [1.54, 1.807) is 24.3 Å². The van der Waals surface area contributed by atoms with Gasteiger partial charge >= 0.3 is 0 Å². The van der Waals surface area contributed by atoms with Crippen LogP contribution in [0.1, 0.15) is 13.8 Å². The summed E-state index contributed by atoms with van der Waals surface area (Å²) < 4.78 is 31.9. The normalized spacial score (nSPS) is 16.3. The standard InChI is InChI=1S/C15H23N3O3S2/c1-12(2)11-16-15(22)17-13-4-3-5-14(10-13)23(19,20)18-6-8-21-9-7-18/h3-5,10,12H,6-9,11H2,1-2H3,(H2,16,17,22). The molecule has 8 heteroatoms. The highest BCUT2D eigenvalue weighted by molar-refractivity contribution is 7.89. The molecule has 0 aliphatic carbocycles. The van der Waals surface area contributed by atoms with Gasteiger partial charge < -0.3 is 15.4 Å². The lowest BCUT2D eigenvalue weighted by atomic mass is 10.2. The fourth-order valence-electron chi connectivity index (χ4n) is 2.14. The lowest BCUT2D eigenvalue weighted by Crippen LogP contribution is -2.40. The van der Waals surface area contributed by atoms with Crippen LogP contribution in [-0.4, -0.2) is 50.7 Å². The van der Waals surface area contributed by atoms with Crippen LogP contribution in [0.3, 0.4) is 0 Å². The van der Waals surface area contributed by atoms with Gasteiger partial charge in [0.05, 0.1) is 18.1 Å². The van der Waals surface area contributed by atoms with Crippen LogP contribution in [0, 0.1) is 5.92 Å². The Kier molecular flexibility index (Phi) is 6.34. The van der Waals surface area contributed by atoms with Gasteiger partial charge in [0.25, 0.3) is 0 Å². The van der Waals surface area contributed by atoms with Crippen molar-refractivity contribution in [1.82, 2.24) is 9.62 Å². The van der Waals surface area contributed by atoms with Crippen molar-refractivity contribution in [2.45, 2.75) is 18.7 Å². The molecule has 1 fully saturated rings. The quantitative estimate of drug-likeness (QED) is 0.781. The molecule has 0 atom stereocenters. The van der Waals surface area contributed by atoms with E-state index in [9.17, 15) is 8.42 Å². The average Bonchev–Trinajstić information content (AvgIpc) is 2.54. The van der Waals surface area contributed by atoms with E-state index in [4.69, 9.17) is 17.0 Å². The third-order valence-corrected chi connectivity index (χ3v) is 5.51. The predicted molar refractivity (Wildman–Crippen MR) is 95.1 cm³/mol. The molecule has 0 bridgehead atoms. The van der Waals surface area contributed by atoms with Crippen molar-refractivity contribution in [2.24, 2.45) is 5.92 Å². The van der Waals surface area contributed by atoms with E-state index in [1.165, 1.54) is 4.31 Å². The number of nitrogens with one attached hydrogen (secondary N) is 2. The monoisotopic (exact) mass is 357 g/mol. The summed E-state index contributed by atoms with van der Waals surface area (Å²) >= 11 is 5.22. The van der Waals surface area contributed by atoms with E-state index in [2.05, 4.69) is 24.5 Å². The summed E-state index contributed by atoms with van der Waals surface area (Å²) in [5, 5.41) is 6.61. The number of morpholine rings is 1. The molecule has 0 radical (unpaired) electrons. The van der Waals surface area contributed by atoms with Crippen molar-refractivity contribution in [3.63, 3.8) is 0 Å². The number of nitrogens with zero attached hydrogens (tertiary/aromatic N) is 1. The maximum atomic E-state index is 12.6. The first-order chi connectivity index (χ1) is 10.9. The van der Waals surface area contributed by atoms with Gasteiger partial charge in [0.15, 0.2) is 5.11 Å². The number of hydrogen-bond donors (Lipinski definition) is 2. The van der Waals surface area contributed by atoms with Gasteiger partial charge in [-0.2, -0.15) is 4.31 Å². The zero-order valence-electron chi connectivity index (χ0n) is 13.4. The molecule has 2 rings (SSSR count). The molecule has 1 heterocycles. The number of ether oxygens (including phenoxy) is 1. The Morgan fingerprint density at radius 3 is 2.70 bits per heavy atom. The number of thiocarbonyl (C=S) groups is 1. The molecule has 1 saturated heterocycles. The van der Waals surface area contributed by atoms with E-state index >= 15 is 0 Å². The largest absolute Gasteiger partial charge is 0.379 e. The summed E-state index contributed by atoms with van der Waals surface area (Å²) in [7, 11) is -3.50. The summed E-state index contributed by atoms with van der Waals surface area (Å²) in [6, 6.07) is 6.71. The second-order valence-corrected chi connectivity index (χ2v) is 8.12. The Balaban J connectivity index is 2.08. The second-order valence-electron chi connectivity index (χ2n) is 5.77. The highest BCUT2D eigenvalue weighted by atomic mass is 32.2. The van der Waals surface area contributed by atoms with Crippen molar-refractivity contribution in [3.05, 3.63) is 24.3 Å². The molecular formula is C15H23N3O3S2. The van der Waals surface area contributed by atoms with Gasteiger partial charge in [-0.3, -0.25) is 0 Å². The molecule has 6 nitrogen and oxygen atoms in total. The first kappa shape index (κ1) is 18.1. The summed E-state index contributed by atoms with van der Waals surface area (Å²) in [5.41, 5.74) is 0.653. The van der Waals surface area contributed by atoms with E-state index in [-0.39, 0.29) is 4.90 Å². The lowest BCUT2D eigenvalue weighted by Gasteiger charge is -2.26. The van der Waals surface area contributed by atoms with Gasteiger partial charge in [-0.1, -0.05) is 19.9 Å². The summed E-state index contributed by atoms with van der Waals surface area (Å²) in [6.07, 6.45) is 0. The summed E-state index contributed by atoms with van der Waals surface area (Å²) in [4.78, 5) is 0.260. The van der Waals surface area contributed by atoms with E-state index in [0.717, 1.165) is 6.54 Å². The lowest BCUT2D eigenvalue weighted by molar-refractivity contribution is 0.0730. The zero-order chi connectivity index (χ0) is 16.9. The molecule has 1 aromatic rings. The van der Waals surface area contributed by atoms with E-state index in [0.29, 0.717) is 43.0 Å². The van der Waals surface area contributed by atoms with Gasteiger partial charge in [0.1, 0.15) is 0 Å². The third-order valence-electron chi connectivity index (χ3n) is 3.37. The van der Waals surface area contributed by atoms with Crippen LogP contribution < -0.4 is 10.6 Å². The number of benzene rings is 1. The van der Waals surface area contributed by atoms with Crippen molar-refractivity contribution < 1.29 is 13.2 Å². The topological polar surface area (TPSA) is 70.7 Å². The third kappa shape index (κ3) is 5.13. The Hall–Kier alpha value is -1.22. The van der Waals surface area contributed by atoms with E-state index in [1.807, 2.05) is 0 Å². The molecular weight excluding hydrogens is 334 g/mol. The first-order valence-electron chi connectivity index (χ1n) is 7.62. The minimum Gasteiger partial charge on any atom is -0.379 e. The first-order valence-corrected chi connectivity index (χ1v) is 9.47. The van der Waals surface area contributed by atoms with Crippen LogP contribution in [0.25, 0.3) is 0 Å². The molecule has 0 spiro atoms. The van der Waals surface area contributed by atoms with Crippen LogP contribution in [0.5, 0.6) is 0 Å². The zero-order valence-corrected chi connectivity index (χ0v) is 15.0. The molecule has 1 aromatic carbocycles. The Morgan fingerprint density at radius 1 is 1.35 bits per heavy atom. The number of anilines is 1. The summed E-state index contributed by atoms with van der Waals surface area (Å²) in [6.45, 7) is 6.57. The maximum absolute atomic E-state index is 12.6. The van der Waals surface area contributed by atoms with Crippen molar-refractivity contribution in [1.29, 1.82) is 0 Å². The van der Waals surface area contributed by atoms with Gasteiger partial charge in [0, 0.05) is 25.3 Å². The number of hydrogen-bond acceptors (Lipinski definition) is 4. The van der Waals surface area contributed by atoms with Gasteiger partial charge in [-0.15, -0.1) is 0 Å². The fraction of sp³-hybridized carbons (Fsp3) is 0.533. The number of rotatable bonds is 5. The average molecular weight is 358 g/mol. The number of sulfonamides is 1. The van der Waals surface area contributed by atoms with Crippen LogP contribution in [-0.2, 0) is 14.8 Å². The molecule has 2 N–H and O–H groups in total. The second kappa shape index (κ2) is 8.05. The van der Waals surface area contributed by atoms with Crippen molar-refractivity contribution in [2.75, 3.05) is 38.2 Å². The van der Waals surface area contributed by atoms with Gasteiger partial charge in [-0.25, -0.2) is 8.42 Å². The summed E-state index contributed by atoms with van der Waals surface area (Å²) in [5.74, 6) is 0.475. The highest BCUT2D eigenvalue weighted by Crippen LogP contribution is 2.20. The Morgan fingerprint density at radius 2 is 2.04 bits per heavy atom. The molecule has 0 saturated carbocycles. The van der Waals surface area contributed by atoms with Crippen LogP contribution >= 0.6 is 12.2 Å². The fourth-order valence-corrected chi connectivity index (χ4v) is 3.80. The molecule has 1 aliphatic heterocycles.